The molecule has 0 spiro atoms. The van der Waals surface area contributed by atoms with E-state index in [1.807, 2.05) is 36.1 Å². The van der Waals surface area contributed by atoms with Crippen LogP contribution in [0, 0.1) is 0 Å². The van der Waals surface area contributed by atoms with Gasteiger partial charge in [-0.2, -0.15) is 0 Å². The van der Waals surface area contributed by atoms with E-state index in [2.05, 4.69) is 5.32 Å². The maximum absolute atomic E-state index is 12.6. The molecule has 0 unspecified atom stereocenters. The Hall–Kier alpha value is -3.07. The van der Waals surface area contributed by atoms with Crippen LogP contribution >= 0.6 is 0 Å². The van der Waals surface area contributed by atoms with Crippen LogP contribution < -0.4 is 14.4 Å². The lowest BCUT2D eigenvalue weighted by molar-refractivity contribution is -0.128. The molecule has 0 bridgehead atoms. The maximum atomic E-state index is 12.6. The number of likely N-dealkylation sites (tertiary alicyclic amines) is 1. The zero-order valence-corrected chi connectivity index (χ0v) is 19.2. The Morgan fingerprint density at radius 1 is 1.12 bits per heavy atom. The Labute approximate surface area is 189 Å². The highest BCUT2D eigenvalue weighted by molar-refractivity contribution is 7.92. The third-order valence-corrected chi connectivity index (χ3v) is 6.39. The van der Waals surface area contributed by atoms with Crippen molar-refractivity contribution < 1.29 is 22.7 Å². The van der Waals surface area contributed by atoms with E-state index in [-0.39, 0.29) is 19.0 Å². The number of anilines is 1. The van der Waals surface area contributed by atoms with Crippen molar-refractivity contribution in [2.45, 2.75) is 32.9 Å². The van der Waals surface area contributed by atoms with Gasteiger partial charge in [-0.3, -0.25) is 13.9 Å². The van der Waals surface area contributed by atoms with Crippen molar-refractivity contribution in [2.24, 2.45) is 0 Å². The lowest BCUT2D eigenvalue weighted by Gasteiger charge is -2.22. The molecule has 1 fully saturated rings. The average Bonchev–Trinajstić information content (AvgIpc) is 3.16. The Balaban J connectivity index is 1.65. The van der Waals surface area contributed by atoms with Crippen LogP contribution in [0.2, 0.25) is 0 Å². The second-order valence-electron chi connectivity index (χ2n) is 7.66. The SMILES string of the molecule is CCOc1ccc(N(CC(=O)NCc2ccccc2CN2CCCC2=O)S(C)(=O)=O)cc1. The molecule has 0 aromatic heterocycles. The number of carbonyl (C=O) groups excluding carboxylic acids is 2. The topological polar surface area (TPSA) is 96.0 Å². The number of nitrogens with one attached hydrogen (secondary N) is 1. The normalized spacial score (nSPS) is 13.8. The number of carbonyl (C=O) groups is 2. The van der Waals surface area contributed by atoms with Crippen LogP contribution in [0.1, 0.15) is 30.9 Å². The number of amides is 2. The molecule has 2 aromatic rings. The van der Waals surface area contributed by atoms with Crippen molar-refractivity contribution in [2.75, 3.05) is 30.3 Å². The Kier molecular flexibility index (Phi) is 7.74. The van der Waals surface area contributed by atoms with Crippen molar-refractivity contribution in [3.63, 3.8) is 0 Å². The molecular weight excluding hydrogens is 430 g/mol. The molecule has 1 saturated heterocycles. The molecule has 2 amide bonds. The minimum absolute atomic E-state index is 0.142. The number of nitrogens with zero attached hydrogens (tertiary/aromatic N) is 2. The highest BCUT2D eigenvalue weighted by atomic mass is 32.2. The number of rotatable bonds is 10. The first kappa shape index (κ1) is 23.6. The van der Waals surface area contributed by atoms with Gasteiger partial charge in [0.05, 0.1) is 18.6 Å². The van der Waals surface area contributed by atoms with Crippen molar-refractivity contribution in [3.05, 3.63) is 59.7 Å². The molecule has 0 aliphatic carbocycles. The van der Waals surface area contributed by atoms with Gasteiger partial charge in [0.15, 0.2) is 0 Å². The van der Waals surface area contributed by atoms with Gasteiger partial charge in [0, 0.05) is 26.1 Å². The largest absolute Gasteiger partial charge is 0.494 e. The van der Waals surface area contributed by atoms with Gasteiger partial charge in [-0.05, 0) is 48.7 Å². The van der Waals surface area contributed by atoms with Gasteiger partial charge < -0.3 is 15.0 Å². The summed E-state index contributed by atoms with van der Waals surface area (Å²) in [5.41, 5.74) is 2.25. The molecule has 8 nitrogen and oxygen atoms in total. The van der Waals surface area contributed by atoms with Gasteiger partial charge in [-0.25, -0.2) is 8.42 Å². The first-order valence-electron chi connectivity index (χ1n) is 10.6. The predicted octanol–water partition coefficient (Wildman–Crippen LogP) is 2.29. The van der Waals surface area contributed by atoms with E-state index in [9.17, 15) is 18.0 Å². The van der Waals surface area contributed by atoms with Crippen LogP contribution in [-0.4, -0.2) is 51.1 Å². The summed E-state index contributed by atoms with van der Waals surface area (Å²) in [5.74, 6) is 0.349. The van der Waals surface area contributed by atoms with Gasteiger partial charge in [0.1, 0.15) is 12.3 Å². The zero-order chi connectivity index (χ0) is 23.1. The molecule has 1 aliphatic rings. The second kappa shape index (κ2) is 10.5. The molecule has 9 heteroatoms. The van der Waals surface area contributed by atoms with Gasteiger partial charge in [0.2, 0.25) is 21.8 Å². The molecule has 1 aliphatic heterocycles. The molecule has 2 aromatic carbocycles. The monoisotopic (exact) mass is 459 g/mol. The summed E-state index contributed by atoms with van der Waals surface area (Å²) in [6, 6.07) is 14.2. The predicted molar refractivity (Wildman–Crippen MR) is 123 cm³/mol. The smallest absolute Gasteiger partial charge is 0.241 e. The second-order valence-corrected chi connectivity index (χ2v) is 9.57. The molecule has 1 N–H and O–H groups in total. The van der Waals surface area contributed by atoms with Crippen LogP contribution in [-0.2, 0) is 32.7 Å². The number of sulfonamides is 1. The number of hydrogen-bond donors (Lipinski definition) is 1. The lowest BCUT2D eigenvalue weighted by Crippen LogP contribution is -2.40. The van der Waals surface area contributed by atoms with E-state index >= 15 is 0 Å². The molecule has 172 valence electrons. The fraction of sp³-hybridized carbons (Fsp3) is 0.391. The van der Waals surface area contributed by atoms with Gasteiger partial charge in [-0.15, -0.1) is 0 Å². The van der Waals surface area contributed by atoms with Crippen molar-refractivity contribution in [1.29, 1.82) is 0 Å². The number of ether oxygens (including phenoxy) is 1. The molecule has 0 radical (unpaired) electrons. The first-order chi connectivity index (χ1) is 15.3. The molecule has 3 rings (SSSR count). The minimum Gasteiger partial charge on any atom is -0.494 e. The molecule has 32 heavy (non-hydrogen) atoms. The Bertz CT molecular complexity index is 1050. The first-order valence-corrected chi connectivity index (χ1v) is 12.4. The van der Waals surface area contributed by atoms with Crippen LogP contribution in [0.25, 0.3) is 0 Å². The summed E-state index contributed by atoms with van der Waals surface area (Å²) >= 11 is 0. The van der Waals surface area contributed by atoms with E-state index in [4.69, 9.17) is 4.74 Å². The minimum atomic E-state index is -3.66. The molecular formula is C23H29N3O5S. The van der Waals surface area contributed by atoms with Crippen LogP contribution in [0.3, 0.4) is 0 Å². The van der Waals surface area contributed by atoms with Gasteiger partial charge in [-0.1, -0.05) is 24.3 Å². The van der Waals surface area contributed by atoms with Crippen molar-refractivity contribution in [3.8, 4) is 5.75 Å². The zero-order valence-electron chi connectivity index (χ0n) is 18.4. The van der Waals surface area contributed by atoms with E-state index in [0.717, 1.165) is 34.7 Å². The summed E-state index contributed by atoms with van der Waals surface area (Å²) in [5, 5.41) is 2.81. The van der Waals surface area contributed by atoms with E-state index in [0.29, 0.717) is 31.0 Å². The highest BCUT2D eigenvalue weighted by Gasteiger charge is 2.22. The molecule has 0 saturated carbocycles. The molecule has 0 atom stereocenters. The third-order valence-electron chi connectivity index (χ3n) is 5.25. The standard InChI is InChI=1S/C23H29N3O5S/c1-3-31-21-12-10-20(11-13-21)26(32(2,29)30)17-22(27)24-15-18-7-4-5-8-19(18)16-25-14-6-9-23(25)28/h4-5,7-8,10-13H,3,6,9,14-17H2,1-2H3,(H,24,27). The van der Waals surface area contributed by atoms with Crippen LogP contribution in [0.15, 0.2) is 48.5 Å². The van der Waals surface area contributed by atoms with E-state index in [1.165, 1.54) is 0 Å². The summed E-state index contributed by atoms with van der Waals surface area (Å²) in [6.45, 7) is 3.53. The fourth-order valence-corrected chi connectivity index (χ4v) is 4.47. The van der Waals surface area contributed by atoms with Crippen LogP contribution in [0.4, 0.5) is 5.69 Å². The van der Waals surface area contributed by atoms with Crippen molar-refractivity contribution >= 4 is 27.5 Å². The Morgan fingerprint density at radius 3 is 2.41 bits per heavy atom. The third kappa shape index (κ3) is 6.23. The van der Waals surface area contributed by atoms with Crippen molar-refractivity contribution in [1.82, 2.24) is 10.2 Å². The lowest BCUT2D eigenvalue weighted by atomic mass is 10.1. The van der Waals surface area contributed by atoms with Gasteiger partial charge >= 0.3 is 0 Å². The van der Waals surface area contributed by atoms with E-state index < -0.39 is 15.9 Å². The fourth-order valence-electron chi connectivity index (χ4n) is 3.62. The molecule has 1 heterocycles. The maximum Gasteiger partial charge on any atom is 0.241 e. The van der Waals surface area contributed by atoms with E-state index in [1.54, 1.807) is 24.3 Å². The van der Waals surface area contributed by atoms with Gasteiger partial charge in [0.25, 0.3) is 0 Å². The number of benzene rings is 2. The quantitative estimate of drug-likeness (QED) is 0.588. The summed E-state index contributed by atoms with van der Waals surface area (Å²) < 4.78 is 31.1. The summed E-state index contributed by atoms with van der Waals surface area (Å²) in [4.78, 5) is 26.4. The Morgan fingerprint density at radius 2 is 1.81 bits per heavy atom. The summed E-state index contributed by atoms with van der Waals surface area (Å²) in [7, 11) is -3.66. The average molecular weight is 460 g/mol. The summed E-state index contributed by atoms with van der Waals surface area (Å²) in [6.07, 6.45) is 2.51. The highest BCUT2D eigenvalue weighted by Crippen LogP contribution is 2.22. The van der Waals surface area contributed by atoms with Crippen LogP contribution in [0.5, 0.6) is 5.75 Å². The number of hydrogen-bond acceptors (Lipinski definition) is 5.